The van der Waals surface area contributed by atoms with Crippen LogP contribution in [0.2, 0.25) is 0 Å². The van der Waals surface area contributed by atoms with Crippen molar-refractivity contribution in [2.75, 3.05) is 0 Å². The van der Waals surface area contributed by atoms with Crippen molar-refractivity contribution in [1.29, 1.82) is 0 Å². The monoisotopic (exact) mass is 256 g/mol. The Balaban J connectivity index is -0.0000000750. The number of rotatable bonds is 0. The molecule has 0 heterocycles. The van der Waals surface area contributed by atoms with Gasteiger partial charge in [0.2, 0.25) is 0 Å². The molecule has 0 spiro atoms. The molecule has 0 saturated heterocycles. The van der Waals surface area contributed by atoms with Crippen molar-refractivity contribution >= 4 is 9.05 Å². The zero-order valence-corrected chi connectivity index (χ0v) is 11.9. The van der Waals surface area contributed by atoms with E-state index in [0.29, 0.717) is 0 Å². The second kappa shape index (κ2) is 8.85. The van der Waals surface area contributed by atoms with Crippen molar-refractivity contribution in [2.24, 2.45) is 0 Å². The largest absolute Gasteiger partial charge is 1.00 e. The standard InChI is InChI=1S/C2H3.Cs.H4O4Si/c1-2;;1-5(2,3)4/h1H,2H2;;1-4H/q-1;+1;. The molecule has 0 bridgehead atoms. The first kappa shape index (κ1) is 16.4. The molecule has 0 aliphatic heterocycles. The normalized spacial score (nSPS) is 8.00. The van der Waals surface area contributed by atoms with Gasteiger partial charge in [-0.15, -0.1) is 0 Å². The summed E-state index contributed by atoms with van der Waals surface area (Å²) in [5, 5.41) is 0. The van der Waals surface area contributed by atoms with Gasteiger partial charge >= 0.3 is 77.9 Å². The smallest absolute Gasteiger partial charge is 0.521 e. The Morgan fingerprint density at radius 3 is 1.00 bits per heavy atom. The van der Waals surface area contributed by atoms with Crippen LogP contribution in [0.4, 0.5) is 0 Å². The molecule has 0 aliphatic rings. The van der Waals surface area contributed by atoms with Gasteiger partial charge in [-0.2, -0.15) is 0 Å². The average molecular weight is 256 g/mol. The molecule has 0 aromatic rings. The summed E-state index contributed by atoms with van der Waals surface area (Å²) in [5.74, 6) is 0. The summed E-state index contributed by atoms with van der Waals surface area (Å²) in [6, 6.07) is 0. The molecule has 0 amide bonds. The fourth-order valence-corrected chi connectivity index (χ4v) is 0. The quantitative estimate of drug-likeness (QED) is 0.258. The fourth-order valence-electron chi connectivity index (χ4n) is 0. The van der Waals surface area contributed by atoms with Gasteiger partial charge in [0.25, 0.3) is 0 Å². The van der Waals surface area contributed by atoms with Crippen LogP contribution >= 0.6 is 0 Å². The Bertz CT molecular complexity index is 37.8. The third kappa shape index (κ3) is 108. The Kier molecular flexibility index (Phi) is 18.2. The minimum atomic E-state index is -4.61. The SMILES string of the molecule is O[Si](O)(O)O.[CH-]=C.[Cs+]. The molecule has 0 aliphatic carbocycles. The summed E-state index contributed by atoms with van der Waals surface area (Å²) >= 11 is 0. The molecule has 6 heteroatoms. The van der Waals surface area contributed by atoms with Crippen LogP contribution in [0.3, 0.4) is 0 Å². The fraction of sp³-hybridized carbons (Fsp3) is 0. The summed E-state index contributed by atoms with van der Waals surface area (Å²) in [5.41, 5.74) is 0. The minimum Gasteiger partial charge on any atom is -0.521 e. The molecule has 0 radical (unpaired) electrons. The zero-order chi connectivity index (χ0) is 6.50. The number of hydrogen-bond acceptors (Lipinski definition) is 4. The van der Waals surface area contributed by atoms with Crippen LogP contribution < -0.4 is 68.9 Å². The Morgan fingerprint density at radius 2 is 1.00 bits per heavy atom. The summed E-state index contributed by atoms with van der Waals surface area (Å²) in [6.07, 6.45) is 0. The van der Waals surface area contributed by atoms with Crippen LogP contribution in [0.5, 0.6) is 0 Å². The molecule has 4 N–H and O–H groups in total. The van der Waals surface area contributed by atoms with E-state index in [1.165, 1.54) is 0 Å². The molecule has 0 atom stereocenters. The molecule has 0 unspecified atom stereocenters. The summed E-state index contributed by atoms with van der Waals surface area (Å²) in [6.45, 7) is 7.00. The second-order valence-electron chi connectivity index (χ2n) is 0.600. The molecular weight excluding hydrogens is 249 g/mol. The Labute approximate surface area is 108 Å². The summed E-state index contributed by atoms with van der Waals surface area (Å²) in [7, 11) is -4.61. The predicted molar refractivity (Wildman–Crippen MR) is 24.6 cm³/mol. The third-order valence-corrected chi connectivity index (χ3v) is 0. The molecule has 0 saturated carbocycles. The van der Waals surface area contributed by atoms with Crippen molar-refractivity contribution in [2.45, 2.75) is 0 Å². The van der Waals surface area contributed by atoms with Crippen LogP contribution in [0.1, 0.15) is 0 Å². The van der Waals surface area contributed by atoms with Gasteiger partial charge in [-0.05, 0) is 0 Å². The molecule has 0 fully saturated rings. The van der Waals surface area contributed by atoms with Crippen molar-refractivity contribution in [3.63, 3.8) is 0 Å². The van der Waals surface area contributed by atoms with Gasteiger partial charge in [-0.3, -0.25) is 6.58 Å². The van der Waals surface area contributed by atoms with Gasteiger partial charge in [0, 0.05) is 0 Å². The van der Waals surface area contributed by atoms with E-state index < -0.39 is 9.05 Å². The van der Waals surface area contributed by atoms with E-state index in [-0.39, 0.29) is 68.9 Å². The maximum Gasteiger partial charge on any atom is 1.00 e. The maximum atomic E-state index is 7.33. The van der Waals surface area contributed by atoms with E-state index in [4.69, 9.17) is 19.2 Å². The van der Waals surface area contributed by atoms with Crippen molar-refractivity contribution in [1.82, 2.24) is 0 Å². The van der Waals surface area contributed by atoms with Gasteiger partial charge in [0.15, 0.2) is 0 Å². The molecule has 44 valence electrons. The van der Waals surface area contributed by atoms with E-state index >= 15 is 0 Å². The maximum absolute atomic E-state index is 7.33. The van der Waals surface area contributed by atoms with E-state index in [9.17, 15) is 0 Å². The van der Waals surface area contributed by atoms with Crippen LogP contribution in [-0.4, -0.2) is 28.2 Å². The topological polar surface area (TPSA) is 80.9 Å². The Hall–Kier alpha value is 1.85. The van der Waals surface area contributed by atoms with Crippen molar-refractivity contribution < 1.29 is 88.1 Å². The van der Waals surface area contributed by atoms with Crippen LogP contribution in [0, 0.1) is 6.58 Å². The number of hydrogen-bond donors (Lipinski definition) is 4. The molecule has 4 nitrogen and oxygen atoms in total. The molecule has 0 rings (SSSR count). The molecule has 8 heavy (non-hydrogen) atoms. The molecular formula is C2H7CsO4Si. The van der Waals surface area contributed by atoms with Gasteiger partial charge in [0.1, 0.15) is 0 Å². The van der Waals surface area contributed by atoms with Gasteiger partial charge in [-0.25, -0.2) is 0 Å². The Morgan fingerprint density at radius 1 is 1.00 bits per heavy atom. The van der Waals surface area contributed by atoms with Gasteiger partial charge in [-0.1, -0.05) is 0 Å². The van der Waals surface area contributed by atoms with Gasteiger partial charge in [0.05, 0.1) is 0 Å². The van der Waals surface area contributed by atoms with E-state index in [1.54, 1.807) is 0 Å². The minimum absolute atomic E-state index is 0. The zero-order valence-electron chi connectivity index (χ0n) is 4.57. The van der Waals surface area contributed by atoms with Crippen LogP contribution in [-0.2, 0) is 0 Å². The van der Waals surface area contributed by atoms with Crippen LogP contribution in [0.25, 0.3) is 0 Å². The predicted octanol–water partition coefficient (Wildman–Crippen LogP) is -5.00. The van der Waals surface area contributed by atoms with Crippen molar-refractivity contribution in [3.05, 3.63) is 13.2 Å². The first-order valence-electron chi connectivity index (χ1n) is 1.30. The molecule has 0 aromatic carbocycles. The second-order valence-corrected chi connectivity index (χ2v) is 1.80. The van der Waals surface area contributed by atoms with Gasteiger partial charge < -0.3 is 25.8 Å². The average Bonchev–Trinajstić information content (AvgIpc) is 1.36. The first-order chi connectivity index (χ1) is 3.00. The summed E-state index contributed by atoms with van der Waals surface area (Å²) in [4.78, 5) is 29.3. The van der Waals surface area contributed by atoms with Crippen LogP contribution in [0.15, 0.2) is 6.58 Å². The first-order valence-corrected chi connectivity index (χ1v) is 3.09. The van der Waals surface area contributed by atoms with E-state index in [0.717, 1.165) is 0 Å². The third-order valence-electron chi connectivity index (χ3n) is 0. The van der Waals surface area contributed by atoms with E-state index in [2.05, 4.69) is 13.2 Å². The van der Waals surface area contributed by atoms with E-state index in [1.807, 2.05) is 0 Å². The summed E-state index contributed by atoms with van der Waals surface area (Å²) < 4.78 is 0. The van der Waals surface area contributed by atoms with Crippen molar-refractivity contribution in [3.8, 4) is 0 Å². The molecule has 0 aromatic heterocycles.